The van der Waals surface area contributed by atoms with Crippen LogP contribution in [-0.2, 0) is 6.61 Å². The highest BCUT2D eigenvalue weighted by molar-refractivity contribution is 7.86. The topological polar surface area (TPSA) is 20.2 Å². The second kappa shape index (κ2) is 8.10. The molecule has 2 atom stereocenters. The summed E-state index contributed by atoms with van der Waals surface area (Å²) in [6.07, 6.45) is 5.32. The Labute approximate surface area is 140 Å². The summed E-state index contributed by atoms with van der Waals surface area (Å²) in [5, 5.41) is 9.63. The molecule has 0 aliphatic heterocycles. The molecule has 4 heteroatoms. The van der Waals surface area contributed by atoms with Gasteiger partial charge in [0.2, 0.25) is 0 Å². The lowest BCUT2D eigenvalue weighted by Gasteiger charge is -2.15. The van der Waals surface area contributed by atoms with Gasteiger partial charge in [-0.3, -0.25) is 0 Å². The Balaban J connectivity index is 3.16. The van der Waals surface area contributed by atoms with Crippen LogP contribution in [0.4, 0.5) is 4.39 Å². The quantitative estimate of drug-likeness (QED) is 0.412. The minimum atomic E-state index is -1.82. The van der Waals surface area contributed by atoms with Gasteiger partial charge in [-0.1, -0.05) is 66.1 Å². The van der Waals surface area contributed by atoms with Gasteiger partial charge < -0.3 is 5.11 Å². The van der Waals surface area contributed by atoms with Crippen molar-refractivity contribution in [2.45, 2.75) is 38.0 Å². The first kappa shape index (κ1) is 19.2. The zero-order valence-electron chi connectivity index (χ0n) is 13.3. The number of rotatable bonds is 6. The van der Waals surface area contributed by atoms with Crippen LogP contribution >= 0.6 is 21.9 Å². The van der Waals surface area contributed by atoms with Gasteiger partial charge in [-0.05, 0) is 40.7 Å². The van der Waals surface area contributed by atoms with Crippen molar-refractivity contribution < 1.29 is 9.50 Å². The van der Waals surface area contributed by atoms with E-state index in [2.05, 4.69) is 39.1 Å². The summed E-state index contributed by atoms with van der Waals surface area (Å²) in [4.78, 5) is 0. The normalized spacial score (nSPS) is 15.4. The van der Waals surface area contributed by atoms with E-state index in [4.69, 9.17) is 0 Å². The Bertz CT molecular complexity index is 598. The Kier molecular flexibility index (Phi) is 7.05. The number of hydrogen-bond donors (Lipinski definition) is 2. The molecule has 0 bridgehead atoms. The van der Waals surface area contributed by atoms with E-state index in [9.17, 15) is 9.50 Å². The fraction of sp³-hybridized carbons (Fsp3) is 0.333. The molecule has 0 radical (unpaired) electrons. The molecule has 0 fully saturated rings. The van der Waals surface area contributed by atoms with E-state index in [1.54, 1.807) is 12.2 Å². The van der Waals surface area contributed by atoms with Gasteiger partial charge in [0, 0.05) is 0 Å². The molecule has 2 unspecified atom stereocenters. The van der Waals surface area contributed by atoms with Gasteiger partial charge in [0.15, 0.2) is 4.74 Å². The van der Waals surface area contributed by atoms with E-state index in [0.29, 0.717) is 5.92 Å². The van der Waals surface area contributed by atoms with E-state index >= 15 is 0 Å². The molecule has 0 aliphatic carbocycles. The van der Waals surface area contributed by atoms with Crippen LogP contribution in [0.15, 0.2) is 48.6 Å². The average molecular weight is 338 g/mol. The van der Waals surface area contributed by atoms with Crippen LogP contribution in [0.5, 0.6) is 0 Å². The van der Waals surface area contributed by atoms with E-state index in [0.717, 1.165) is 16.7 Å². The lowest BCUT2D eigenvalue weighted by Crippen LogP contribution is -2.04. The first-order valence-electron chi connectivity index (χ1n) is 7.18. The lowest BCUT2D eigenvalue weighted by atomic mass is 9.93. The first-order valence-corrected chi connectivity index (χ1v) is 8.21. The molecule has 0 saturated carbocycles. The van der Waals surface area contributed by atoms with E-state index in [1.807, 2.05) is 34.4 Å². The van der Waals surface area contributed by atoms with Crippen molar-refractivity contribution in [2.75, 3.05) is 0 Å². The van der Waals surface area contributed by atoms with Crippen molar-refractivity contribution in [1.29, 1.82) is 0 Å². The highest BCUT2D eigenvalue weighted by Gasteiger charge is 2.19. The molecule has 1 nitrogen and oxygen atoms in total. The minimum Gasteiger partial charge on any atom is -0.392 e. The predicted molar refractivity (Wildman–Crippen MR) is 101 cm³/mol. The number of aliphatic hydroxyl groups is 1. The van der Waals surface area contributed by atoms with Crippen molar-refractivity contribution in [2.24, 2.45) is 0 Å². The summed E-state index contributed by atoms with van der Waals surface area (Å²) >= 11 is 3.83. The highest BCUT2D eigenvalue weighted by atomic mass is 32.1. The number of halogens is 1. The van der Waals surface area contributed by atoms with Gasteiger partial charge in [0.25, 0.3) is 0 Å². The van der Waals surface area contributed by atoms with E-state index < -0.39 is 4.74 Å². The SMILES string of the molecule is C=C(/C=C\C(=C/C)c1ccc(C(C)C)cc1CO)C(F)(P)S. The standard InChI is InChI=1S/C18H24FOPS/c1-5-14(7-6-13(4)18(19,21)22)17-9-8-15(12(2)3)10-16(17)11-20/h5-10,12,20,22H,4,11,21H2,1-3H3/b7-6-,14-5+. The van der Waals surface area contributed by atoms with Crippen molar-refractivity contribution in [1.82, 2.24) is 0 Å². The molecule has 0 spiro atoms. The molecule has 1 aromatic rings. The van der Waals surface area contributed by atoms with Crippen molar-refractivity contribution in [3.05, 3.63) is 65.3 Å². The van der Waals surface area contributed by atoms with Crippen LogP contribution in [0.3, 0.4) is 0 Å². The third kappa shape index (κ3) is 5.08. The third-order valence-corrected chi connectivity index (χ3v) is 4.16. The predicted octanol–water partition coefficient (Wildman–Crippen LogP) is 5.25. The third-order valence-electron chi connectivity index (χ3n) is 3.50. The summed E-state index contributed by atoms with van der Waals surface area (Å²) in [5.74, 6) is 0.400. The minimum absolute atomic E-state index is 0.0364. The fourth-order valence-corrected chi connectivity index (χ4v) is 2.20. The molecular formula is C18H24FOPS. The number of benzene rings is 1. The summed E-state index contributed by atoms with van der Waals surface area (Å²) in [6, 6.07) is 6.06. The van der Waals surface area contributed by atoms with Crippen LogP contribution in [0, 0.1) is 0 Å². The molecule has 0 amide bonds. The molecule has 0 aromatic heterocycles. The van der Waals surface area contributed by atoms with Gasteiger partial charge in [-0.2, -0.15) is 0 Å². The summed E-state index contributed by atoms with van der Waals surface area (Å²) in [6.45, 7) is 9.77. The van der Waals surface area contributed by atoms with Gasteiger partial charge >= 0.3 is 0 Å². The highest BCUT2D eigenvalue weighted by Crippen LogP contribution is 2.34. The molecule has 120 valence electrons. The average Bonchev–Trinajstić information content (AvgIpc) is 2.46. The zero-order valence-corrected chi connectivity index (χ0v) is 15.4. The molecule has 0 aliphatic rings. The van der Waals surface area contributed by atoms with Crippen molar-refractivity contribution in [3.8, 4) is 0 Å². The molecule has 0 heterocycles. The Hall–Kier alpha value is -0.890. The van der Waals surface area contributed by atoms with Crippen LogP contribution < -0.4 is 0 Å². The maximum Gasteiger partial charge on any atom is 0.190 e. The Morgan fingerprint density at radius 2 is 2.09 bits per heavy atom. The van der Waals surface area contributed by atoms with E-state index in [-0.39, 0.29) is 12.2 Å². The van der Waals surface area contributed by atoms with Gasteiger partial charge in [0.1, 0.15) is 0 Å². The second-order valence-corrected chi connectivity index (χ2v) is 7.44. The number of thiol groups is 1. The van der Waals surface area contributed by atoms with Crippen molar-refractivity contribution in [3.63, 3.8) is 0 Å². The molecule has 1 aromatic carbocycles. The number of hydrogen-bond acceptors (Lipinski definition) is 2. The molecule has 0 saturated heterocycles. The largest absolute Gasteiger partial charge is 0.392 e. The Morgan fingerprint density at radius 1 is 1.45 bits per heavy atom. The number of aliphatic hydroxyl groups excluding tert-OH is 1. The monoisotopic (exact) mass is 338 g/mol. The molecule has 1 N–H and O–H groups in total. The smallest absolute Gasteiger partial charge is 0.190 e. The fourth-order valence-electron chi connectivity index (χ4n) is 2.03. The van der Waals surface area contributed by atoms with Crippen LogP contribution in [0.1, 0.15) is 43.4 Å². The maximum absolute atomic E-state index is 13.6. The van der Waals surface area contributed by atoms with Gasteiger partial charge in [0.05, 0.1) is 6.61 Å². The second-order valence-electron chi connectivity index (χ2n) is 5.51. The van der Waals surface area contributed by atoms with E-state index in [1.165, 1.54) is 5.56 Å². The number of allylic oxidation sites excluding steroid dienone is 4. The maximum atomic E-state index is 13.6. The molecule has 1 rings (SSSR count). The van der Waals surface area contributed by atoms with Crippen LogP contribution in [0.25, 0.3) is 5.57 Å². The number of alkyl halides is 1. The van der Waals surface area contributed by atoms with Crippen molar-refractivity contribution >= 4 is 27.4 Å². The zero-order chi connectivity index (χ0) is 16.9. The summed E-state index contributed by atoms with van der Waals surface area (Å²) < 4.78 is 11.8. The molecule has 22 heavy (non-hydrogen) atoms. The Morgan fingerprint density at radius 3 is 2.55 bits per heavy atom. The van der Waals surface area contributed by atoms with Crippen LogP contribution in [0.2, 0.25) is 0 Å². The van der Waals surface area contributed by atoms with Crippen LogP contribution in [-0.4, -0.2) is 9.85 Å². The summed E-state index contributed by atoms with van der Waals surface area (Å²) in [7, 11) is 2.00. The summed E-state index contributed by atoms with van der Waals surface area (Å²) in [5.41, 5.74) is 4.14. The lowest BCUT2D eigenvalue weighted by molar-refractivity contribution is 0.281. The first-order chi connectivity index (χ1) is 10.2. The molecular weight excluding hydrogens is 314 g/mol. The van der Waals surface area contributed by atoms with Gasteiger partial charge in [-0.25, -0.2) is 4.39 Å². The van der Waals surface area contributed by atoms with Gasteiger partial charge in [-0.15, -0.1) is 12.6 Å².